The quantitative estimate of drug-likeness (QED) is 0.806. The molecule has 1 fully saturated rings. The average Bonchev–Trinajstić information content (AvgIpc) is 2.80. The van der Waals surface area contributed by atoms with E-state index in [1.807, 2.05) is 0 Å². The maximum Gasteiger partial charge on any atom is 0.130 e. The minimum Gasteiger partial charge on any atom is -0.378 e. The zero-order chi connectivity index (χ0) is 13.2. The summed E-state index contributed by atoms with van der Waals surface area (Å²) in [5, 5.41) is 2.31. The number of fused-ring (bicyclic) bond motifs is 1. The van der Waals surface area contributed by atoms with Crippen LogP contribution in [0.15, 0.2) is 18.2 Å². The fourth-order valence-corrected chi connectivity index (χ4v) is 2.76. The fraction of sp³-hybridized carbons (Fsp3) is 0.500. The smallest absolute Gasteiger partial charge is 0.130 e. The highest BCUT2D eigenvalue weighted by Gasteiger charge is 2.18. The van der Waals surface area contributed by atoms with E-state index in [0.717, 1.165) is 44.1 Å². The molecule has 0 bridgehead atoms. The first kappa shape index (κ1) is 12.8. The highest BCUT2D eigenvalue weighted by molar-refractivity contribution is 6.17. The summed E-state index contributed by atoms with van der Waals surface area (Å²) in [4.78, 5) is 4.77. The molecule has 4 nitrogen and oxygen atoms in total. The van der Waals surface area contributed by atoms with Gasteiger partial charge in [0.2, 0.25) is 0 Å². The molecule has 0 spiro atoms. The van der Waals surface area contributed by atoms with E-state index in [4.69, 9.17) is 21.3 Å². The molecule has 1 aliphatic rings. The number of aromatic nitrogens is 2. The summed E-state index contributed by atoms with van der Waals surface area (Å²) in [7, 11) is 0. The number of halogens is 1. The van der Waals surface area contributed by atoms with Gasteiger partial charge < -0.3 is 9.75 Å². The van der Waals surface area contributed by atoms with Gasteiger partial charge in [0.1, 0.15) is 5.82 Å². The number of imidazole rings is 1. The lowest BCUT2D eigenvalue weighted by Gasteiger charge is -2.31. The highest BCUT2D eigenvalue weighted by Crippen LogP contribution is 2.21. The number of nitrogens with zero attached hydrogens (tertiary/aromatic N) is 3. The third-order valence-electron chi connectivity index (χ3n) is 3.52. The van der Waals surface area contributed by atoms with Crippen LogP contribution in [0.25, 0.3) is 11.0 Å². The molecule has 0 radical (unpaired) electrons. The van der Waals surface area contributed by atoms with Gasteiger partial charge >= 0.3 is 0 Å². The molecule has 1 aromatic heterocycles. The molecule has 3 rings (SSSR count). The standard InChI is InChI=1S/C14H18ClN3O/c1-11-3-2-4-12-14(11)16-13(5-6-15)18(12)17-7-9-19-10-8-17/h2-4H,5-10H2,1H3. The van der Waals surface area contributed by atoms with Crippen LogP contribution in [-0.4, -0.2) is 41.8 Å². The van der Waals surface area contributed by atoms with Gasteiger partial charge in [-0.15, -0.1) is 11.6 Å². The SMILES string of the molecule is Cc1cccc2c1nc(CCCl)n2N1CCOCC1. The fourth-order valence-electron chi connectivity index (χ4n) is 2.59. The Balaban J connectivity index is 2.13. The van der Waals surface area contributed by atoms with Crippen LogP contribution in [0.5, 0.6) is 0 Å². The van der Waals surface area contributed by atoms with E-state index in [1.165, 1.54) is 11.1 Å². The number of hydrogen-bond donors (Lipinski definition) is 0. The van der Waals surface area contributed by atoms with Crippen LogP contribution in [-0.2, 0) is 11.2 Å². The topological polar surface area (TPSA) is 30.3 Å². The van der Waals surface area contributed by atoms with E-state index < -0.39 is 0 Å². The first-order valence-electron chi connectivity index (χ1n) is 6.67. The minimum absolute atomic E-state index is 0.590. The molecule has 1 aliphatic heterocycles. The molecule has 1 saturated heterocycles. The number of ether oxygens (including phenoxy) is 1. The second kappa shape index (κ2) is 5.39. The number of benzene rings is 1. The zero-order valence-electron chi connectivity index (χ0n) is 11.1. The molecule has 0 aliphatic carbocycles. The van der Waals surface area contributed by atoms with Gasteiger partial charge in [-0.1, -0.05) is 12.1 Å². The Morgan fingerprint density at radius 3 is 2.84 bits per heavy atom. The van der Waals surface area contributed by atoms with E-state index in [1.54, 1.807) is 0 Å². The molecule has 0 saturated carbocycles. The summed E-state index contributed by atoms with van der Waals surface area (Å²) in [5.74, 6) is 1.63. The van der Waals surface area contributed by atoms with Gasteiger partial charge in [-0.2, -0.15) is 0 Å². The number of aryl methyl sites for hydroxylation is 2. The van der Waals surface area contributed by atoms with Crippen LogP contribution in [0.3, 0.4) is 0 Å². The normalized spacial score (nSPS) is 16.2. The Labute approximate surface area is 117 Å². The van der Waals surface area contributed by atoms with E-state index >= 15 is 0 Å². The summed E-state index contributed by atoms with van der Waals surface area (Å²) in [6.07, 6.45) is 0.785. The number of rotatable bonds is 3. The lowest BCUT2D eigenvalue weighted by Crippen LogP contribution is -2.44. The molecule has 0 atom stereocenters. The van der Waals surface area contributed by atoms with Crippen LogP contribution < -0.4 is 5.01 Å². The Morgan fingerprint density at radius 1 is 1.32 bits per heavy atom. The van der Waals surface area contributed by atoms with E-state index in [9.17, 15) is 0 Å². The van der Waals surface area contributed by atoms with Gasteiger partial charge in [-0.05, 0) is 18.6 Å². The predicted octanol–water partition coefficient (Wildman–Crippen LogP) is 2.09. The van der Waals surface area contributed by atoms with E-state index in [0.29, 0.717) is 5.88 Å². The van der Waals surface area contributed by atoms with Crippen LogP contribution in [0.4, 0.5) is 0 Å². The maximum atomic E-state index is 5.92. The number of para-hydroxylation sites is 1. The van der Waals surface area contributed by atoms with Crippen LogP contribution in [0.2, 0.25) is 0 Å². The van der Waals surface area contributed by atoms with Gasteiger partial charge in [-0.3, -0.25) is 0 Å². The summed E-state index contributed by atoms with van der Waals surface area (Å²) in [6, 6.07) is 6.31. The van der Waals surface area contributed by atoms with Crippen molar-refractivity contribution >= 4 is 22.6 Å². The first-order valence-corrected chi connectivity index (χ1v) is 7.20. The molecule has 0 unspecified atom stereocenters. The molecule has 0 amide bonds. The Hall–Kier alpha value is -1.26. The summed E-state index contributed by atoms with van der Waals surface area (Å²) in [5.41, 5.74) is 3.46. The van der Waals surface area contributed by atoms with Crippen molar-refractivity contribution in [3.05, 3.63) is 29.6 Å². The largest absolute Gasteiger partial charge is 0.378 e. The van der Waals surface area contributed by atoms with Crippen molar-refractivity contribution in [2.24, 2.45) is 0 Å². The van der Waals surface area contributed by atoms with Crippen molar-refractivity contribution in [3.63, 3.8) is 0 Å². The third-order valence-corrected chi connectivity index (χ3v) is 3.71. The van der Waals surface area contributed by atoms with E-state index in [-0.39, 0.29) is 0 Å². The van der Waals surface area contributed by atoms with Crippen LogP contribution in [0.1, 0.15) is 11.4 Å². The number of hydrogen-bond acceptors (Lipinski definition) is 3. The van der Waals surface area contributed by atoms with Crippen molar-refractivity contribution in [2.45, 2.75) is 13.3 Å². The molecule has 5 heteroatoms. The van der Waals surface area contributed by atoms with Gasteiger partial charge in [-0.25, -0.2) is 9.66 Å². The molecule has 0 N–H and O–H groups in total. The third kappa shape index (κ3) is 2.30. The molecular formula is C14H18ClN3O. The van der Waals surface area contributed by atoms with Crippen molar-refractivity contribution in [2.75, 3.05) is 37.2 Å². The highest BCUT2D eigenvalue weighted by atomic mass is 35.5. The summed E-state index contributed by atoms with van der Waals surface area (Å²) in [6.45, 7) is 5.43. The molecule has 1 aromatic carbocycles. The monoisotopic (exact) mass is 279 g/mol. The maximum absolute atomic E-state index is 5.92. The second-order valence-electron chi connectivity index (χ2n) is 4.79. The van der Waals surface area contributed by atoms with Gasteiger partial charge in [0.15, 0.2) is 0 Å². The molecular weight excluding hydrogens is 262 g/mol. The average molecular weight is 280 g/mol. The van der Waals surface area contributed by atoms with Gasteiger partial charge in [0.25, 0.3) is 0 Å². The van der Waals surface area contributed by atoms with E-state index in [2.05, 4.69) is 34.8 Å². The van der Waals surface area contributed by atoms with Crippen molar-refractivity contribution in [1.82, 2.24) is 9.66 Å². The summed E-state index contributed by atoms with van der Waals surface area (Å²) < 4.78 is 7.66. The Morgan fingerprint density at radius 2 is 2.11 bits per heavy atom. The Kier molecular flexibility index (Phi) is 3.62. The van der Waals surface area contributed by atoms with Gasteiger partial charge in [0.05, 0.1) is 37.3 Å². The molecule has 102 valence electrons. The molecule has 2 heterocycles. The number of alkyl halides is 1. The number of morpholine rings is 1. The second-order valence-corrected chi connectivity index (χ2v) is 5.17. The lowest BCUT2D eigenvalue weighted by molar-refractivity contribution is 0.111. The predicted molar refractivity (Wildman–Crippen MR) is 77.7 cm³/mol. The summed E-state index contributed by atoms with van der Waals surface area (Å²) >= 11 is 5.92. The minimum atomic E-state index is 0.590. The first-order chi connectivity index (χ1) is 9.31. The molecule has 19 heavy (non-hydrogen) atoms. The zero-order valence-corrected chi connectivity index (χ0v) is 11.9. The van der Waals surface area contributed by atoms with Crippen molar-refractivity contribution in [3.8, 4) is 0 Å². The molecule has 2 aromatic rings. The van der Waals surface area contributed by atoms with Gasteiger partial charge in [0, 0.05) is 12.3 Å². The van der Waals surface area contributed by atoms with Crippen LogP contribution in [0, 0.1) is 6.92 Å². The van der Waals surface area contributed by atoms with Crippen molar-refractivity contribution in [1.29, 1.82) is 0 Å². The van der Waals surface area contributed by atoms with Crippen LogP contribution >= 0.6 is 11.6 Å². The lowest BCUT2D eigenvalue weighted by atomic mass is 10.2. The van der Waals surface area contributed by atoms with Crippen molar-refractivity contribution < 1.29 is 4.74 Å². The Bertz CT molecular complexity index is 575.